The summed E-state index contributed by atoms with van der Waals surface area (Å²) in [5.74, 6) is -0.279. The van der Waals surface area contributed by atoms with Crippen LogP contribution in [0.4, 0.5) is 0 Å². The van der Waals surface area contributed by atoms with Gasteiger partial charge < -0.3 is 15.2 Å². The van der Waals surface area contributed by atoms with Gasteiger partial charge in [0.2, 0.25) is 5.91 Å². The van der Waals surface area contributed by atoms with Crippen LogP contribution in [0, 0.1) is 5.92 Å². The summed E-state index contributed by atoms with van der Waals surface area (Å²) in [7, 11) is 0. The van der Waals surface area contributed by atoms with Crippen molar-refractivity contribution in [3.63, 3.8) is 0 Å². The molecule has 0 aromatic carbocycles. The number of hydrogen-bond acceptors (Lipinski definition) is 5. The summed E-state index contributed by atoms with van der Waals surface area (Å²) in [5.41, 5.74) is 8.12. The average molecular weight is 342 g/mol. The number of likely N-dealkylation sites (tertiary alicyclic amines) is 1. The second kappa shape index (κ2) is 6.13. The molecule has 4 rings (SSSR count). The van der Waals surface area contributed by atoms with Crippen molar-refractivity contribution in [2.24, 2.45) is 11.7 Å². The topological polar surface area (TPSA) is 102 Å². The molecular weight excluding hydrogens is 320 g/mol. The minimum atomic E-state index is -0.342. The van der Waals surface area contributed by atoms with Crippen molar-refractivity contribution in [3.05, 3.63) is 23.0 Å². The van der Waals surface area contributed by atoms with Gasteiger partial charge in [0.05, 0.1) is 22.6 Å². The number of pyridine rings is 1. The normalized spacial score (nSPS) is 20.4. The summed E-state index contributed by atoms with van der Waals surface area (Å²) in [6.45, 7) is 2.99. The Morgan fingerprint density at radius 3 is 2.80 bits per heavy atom. The van der Waals surface area contributed by atoms with Crippen molar-refractivity contribution >= 4 is 22.9 Å². The zero-order valence-corrected chi connectivity index (χ0v) is 14.3. The number of nitrogens with zero attached hydrogens (tertiary/aromatic N) is 3. The molecule has 2 N–H and O–H groups in total. The third-order valence-electron chi connectivity index (χ3n) is 5.13. The second-order valence-electron chi connectivity index (χ2n) is 7.07. The van der Waals surface area contributed by atoms with E-state index in [1.54, 1.807) is 4.90 Å². The molecule has 3 heterocycles. The number of aromatic nitrogens is 2. The fourth-order valence-corrected chi connectivity index (χ4v) is 3.54. The zero-order valence-electron chi connectivity index (χ0n) is 14.3. The first-order valence-electron chi connectivity index (χ1n) is 8.96. The van der Waals surface area contributed by atoms with Crippen LogP contribution in [0.3, 0.4) is 0 Å². The Morgan fingerprint density at radius 2 is 2.16 bits per heavy atom. The summed E-state index contributed by atoms with van der Waals surface area (Å²) in [5, 5.41) is 4.86. The van der Waals surface area contributed by atoms with E-state index in [-0.39, 0.29) is 17.7 Å². The van der Waals surface area contributed by atoms with Gasteiger partial charge in [0.25, 0.3) is 11.6 Å². The molecular formula is C18H22N4O3. The van der Waals surface area contributed by atoms with Crippen molar-refractivity contribution in [1.82, 2.24) is 15.0 Å². The molecule has 0 radical (unpaired) electrons. The highest BCUT2D eigenvalue weighted by molar-refractivity contribution is 6.06. The van der Waals surface area contributed by atoms with Crippen LogP contribution in [0.5, 0.6) is 0 Å². The SMILES string of the molecule is CCCc1noc2nc(C3CC3)cc(C(=O)N3CC[C@H](C(N)=O)C3)c12. The molecule has 25 heavy (non-hydrogen) atoms. The largest absolute Gasteiger partial charge is 0.369 e. The van der Waals surface area contributed by atoms with E-state index in [1.165, 1.54) is 0 Å². The molecule has 2 aromatic heterocycles. The molecule has 2 fully saturated rings. The number of nitrogens with two attached hydrogens (primary N) is 1. The number of aryl methyl sites for hydroxylation is 1. The van der Waals surface area contributed by atoms with Crippen LogP contribution < -0.4 is 5.73 Å². The zero-order chi connectivity index (χ0) is 17.6. The van der Waals surface area contributed by atoms with Gasteiger partial charge in [0.15, 0.2) is 0 Å². The van der Waals surface area contributed by atoms with E-state index in [4.69, 9.17) is 10.3 Å². The Balaban J connectivity index is 1.74. The smallest absolute Gasteiger partial charge is 0.259 e. The quantitative estimate of drug-likeness (QED) is 0.895. The molecule has 0 unspecified atom stereocenters. The number of carbonyl (C=O) groups excluding carboxylic acids is 2. The Morgan fingerprint density at radius 1 is 1.36 bits per heavy atom. The maximum Gasteiger partial charge on any atom is 0.259 e. The highest BCUT2D eigenvalue weighted by Crippen LogP contribution is 2.41. The monoisotopic (exact) mass is 342 g/mol. The van der Waals surface area contributed by atoms with Crippen molar-refractivity contribution < 1.29 is 14.1 Å². The van der Waals surface area contributed by atoms with Crippen molar-refractivity contribution in [2.45, 2.75) is 44.9 Å². The predicted octanol–water partition coefficient (Wildman–Crippen LogP) is 2.00. The molecule has 0 spiro atoms. The molecule has 0 bridgehead atoms. The Hall–Kier alpha value is -2.44. The van der Waals surface area contributed by atoms with Gasteiger partial charge in [-0.15, -0.1) is 0 Å². The van der Waals surface area contributed by atoms with Crippen LogP contribution in [0.15, 0.2) is 10.6 Å². The minimum Gasteiger partial charge on any atom is -0.369 e. The van der Waals surface area contributed by atoms with Crippen LogP contribution in [0.25, 0.3) is 11.1 Å². The van der Waals surface area contributed by atoms with Crippen LogP contribution >= 0.6 is 0 Å². The van der Waals surface area contributed by atoms with E-state index < -0.39 is 0 Å². The summed E-state index contributed by atoms with van der Waals surface area (Å²) < 4.78 is 5.43. The summed E-state index contributed by atoms with van der Waals surface area (Å²) in [6.07, 6.45) is 4.45. The van der Waals surface area contributed by atoms with Gasteiger partial charge >= 0.3 is 0 Å². The lowest BCUT2D eigenvalue weighted by molar-refractivity contribution is -0.121. The Kier molecular flexibility index (Phi) is 3.94. The third kappa shape index (κ3) is 2.88. The molecule has 1 atom stereocenters. The first kappa shape index (κ1) is 16.1. The third-order valence-corrected chi connectivity index (χ3v) is 5.13. The molecule has 7 nitrogen and oxygen atoms in total. The predicted molar refractivity (Wildman–Crippen MR) is 91.0 cm³/mol. The summed E-state index contributed by atoms with van der Waals surface area (Å²) >= 11 is 0. The van der Waals surface area contributed by atoms with Crippen LogP contribution in [-0.4, -0.2) is 39.9 Å². The highest BCUT2D eigenvalue weighted by atomic mass is 16.5. The fourth-order valence-electron chi connectivity index (χ4n) is 3.54. The van der Waals surface area contributed by atoms with E-state index in [0.29, 0.717) is 36.7 Å². The molecule has 2 aromatic rings. The van der Waals surface area contributed by atoms with Gasteiger partial charge in [-0.3, -0.25) is 9.59 Å². The number of fused-ring (bicyclic) bond motifs is 1. The Labute approximate surface area is 145 Å². The summed E-state index contributed by atoms with van der Waals surface area (Å²) in [4.78, 5) is 30.9. The average Bonchev–Trinajstić information content (AvgIpc) is 3.19. The van der Waals surface area contributed by atoms with Crippen molar-refractivity contribution in [2.75, 3.05) is 13.1 Å². The van der Waals surface area contributed by atoms with Gasteiger partial charge in [0.1, 0.15) is 0 Å². The first-order valence-corrected chi connectivity index (χ1v) is 8.96. The van der Waals surface area contributed by atoms with Crippen LogP contribution in [-0.2, 0) is 11.2 Å². The maximum absolute atomic E-state index is 13.2. The second-order valence-corrected chi connectivity index (χ2v) is 7.07. The molecule has 1 aliphatic carbocycles. The molecule has 7 heteroatoms. The Bertz CT molecular complexity index is 840. The lowest BCUT2D eigenvalue weighted by Crippen LogP contribution is -2.32. The highest BCUT2D eigenvalue weighted by Gasteiger charge is 2.34. The van der Waals surface area contributed by atoms with Gasteiger partial charge in [-0.1, -0.05) is 18.5 Å². The van der Waals surface area contributed by atoms with Crippen molar-refractivity contribution in [3.8, 4) is 0 Å². The number of amides is 2. The first-order chi connectivity index (χ1) is 12.1. The van der Waals surface area contributed by atoms with E-state index in [1.807, 2.05) is 6.07 Å². The van der Waals surface area contributed by atoms with Gasteiger partial charge in [-0.25, -0.2) is 4.98 Å². The summed E-state index contributed by atoms with van der Waals surface area (Å²) in [6, 6.07) is 1.90. The fraction of sp³-hybridized carbons (Fsp3) is 0.556. The maximum atomic E-state index is 13.2. The molecule has 1 aliphatic heterocycles. The lowest BCUT2D eigenvalue weighted by atomic mass is 10.0. The van der Waals surface area contributed by atoms with Crippen molar-refractivity contribution in [1.29, 1.82) is 0 Å². The van der Waals surface area contributed by atoms with E-state index >= 15 is 0 Å². The number of hydrogen-bond donors (Lipinski definition) is 1. The van der Waals surface area contributed by atoms with Crippen LogP contribution in [0.1, 0.15) is 60.3 Å². The van der Waals surface area contributed by atoms with E-state index in [9.17, 15) is 9.59 Å². The van der Waals surface area contributed by atoms with Gasteiger partial charge in [-0.05, 0) is 31.7 Å². The molecule has 2 amide bonds. The lowest BCUT2D eigenvalue weighted by Gasteiger charge is -2.17. The molecule has 2 aliphatic rings. The van der Waals surface area contributed by atoms with Gasteiger partial charge in [-0.2, -0.15) is 0 Å². The molecule has 1 saturated heterocycles. The number of carbonyl (C=O) groups is 2. The standard InChI is InChI=1S/C18H22N4O3/c1-2-3-13-15-12(18(24)22-7-6-11(9-22)16(19)23)8-14(10-4-5-10)20-17(15)25-21-13/h8,10-11H,2-7,9H2,1H3,(H2,19,23)/t11-/m0/s1. The van der Waals surface area contributed by atoms with E-state index in [2.05, 4.69) is 17.1 Å². The van der Waals surface area contributed by atoms with Crippen LogP contribution in [0.2, 0.25) is 0 Å². The minimum absolute atomic E-state index is 0.0846. The molecule has 132 valence electrons. The van der Waals surface area contributed by atoms with Gasteiger partial charge in [0, 0.05) is 24.7 Å². The van der Waals surface area contributed by atoms with E-state index in [0.717, 1.165) is 42.5 Å². The number of primary amides is 1. The number of rotatable bonds is 5. The molecule has 1 saturated carbocycles.